The molecule has 3 aliphatic rings. The maximum absolute atomic E-state index is 13.1. The Labute approximate surface area is 282 Å². The van der Waals surface area contributed by atoms with Crippen LogP contribution in [0.1, 0.15) is 64.4 Å². The normalized spacial score (nSPS) is 21.5. The van der Waals surface area contributed by atoms with Gasteiger partial charge < -0.3 is 23.7 Å². The number of hydrazine groups is 1. The number of aliphatic imine (C=N–C) groups is 1. The van der Waals surface area contributed by atoms with Gasteiger partial charge in [-0.2, -0.15) is 5.26 Å². The van der Waals surface area contributed by atoms with Gasteiger partial charge in [0.1, 0.15) is 18.5 Å². The molecule has 1 fully saturated rings. The van der Waals surface area contributed by atoms with Gasteiger partial charge in [-0.25, -0.2) is 5.01 Å². The number of fused-ring (bicyclic) bond motifs is 2. The Bertz CT molecular complexity index is 1490. The Morgan fingerprint density at radius 2 is 1.82 bits per heavy atom. The monoisotopic (exact) mass is 720 g/mol. The minimum atomic E-state index is -0.599. The van der Waals surface area contributed by atoms with Crippen molar-refractivity contribution in [2.24, 2.45) is 4.99 Å². The second-order valence-corrected chi connectivity index (χ2v) is 14.2. The SMILES string of the molecule is C=C(c1ccc2c(c1)CCc1cc(C(=O)N(C)C)ccc1C2(C[C@@H](C)NCC(=C)N1CCCC1C#N)C1=NCN(C)N1)N(C)I. The van der Waals surface area contributed by atoms with Gasteiger partial charge in [-0.3, -0.25) is 9.79 Å². The van der Waals surface area contributed by atoms with E-state index in [9.17, 15) is 10.1 Å². The fraction of sp³-hybridized carbons (Fsp3) is 0.457. The number of nitriles is 1. The summed E-state index contributed by atoms with van der Waals surface area (Å²) in [6.45, 7) is 12.9. The maximum atomic E-state index is 13.1. The lowest BCUT2D eigenvalue weighted by Crippen LogP contribution is -2.50. The van der Waals surface area contributed by atoms with Crippen LogP contribution in [0.25, 0.3) is 5.70 Å². The van der Waals surface area contributed by atoms with E-state index in [1.165, 1.54) is 16.7 Å². The fourth-order valence-corrected chi connectivity index (χ4v) is 7.31. The third-order valence-corrected chi connectivity index (χ3v) is 9.95. The van der Waals surface area contributed by atoms with Crippen LogP contribution in [-0.2, 0) is 18.3 Å². The predicted octanol–water partition coefficient (Wildman–Crippen LogP) is 4.70. The third kappa shape index (κ3) is 6.48. The van der Waals surface area contributed by atoms with Gasteiger partial charge in [0, 0.05) is 64.3 Å². The van der Waals surface area contributed by atoms with Crippen molar-refractivity contribution in [3.05, 3.63) is 88.6 Å². The zero-order valence-corrected chi connectivity index (χ0v) is 29.3. The van der Waals surface area contributed by atoms with Crippen LogP contribution in [0.15, 0.2) is 60.2 Å². The highest BCUT2D eigenvalue weighted by Crippen LogP contribution is 2.45. The van der Waals surface area contributed by atoms with Gasteiger partial charge >= 0.3 is 0 Å². The molecule has 0 aromatic heterocycles. The van der Waals surface area contributed by atoms with E-state index in [0.29, 0.717) is 18.8 Å². The van der Waals surface area contributed by atoms with Gasteiger partial charge in [-0.15, -0.1) is 0 Å². The van der Waals surface area contributed by atoms with E-state index in [4.69, 9.17) is 4.99 Å². The molecule has 238 valence electrons. The predicted molar refractivity (Wildman–Crippen MR) is 190 cm³/mol. The first-order valence-electron chi connectivity index (χ1n) is 15.6. The lowest BCUT2D eigenvalue weighted by Gasteiger charge is -2.39. The number of nitrogens with one attached hydrogen (secondary N) is 2. The van der Waals surface area contributed by atoms with E-state index in [1.54, 1.807) is 19.0 Å². The average Bonchev–Trinajstić information content (AvgIpc) is 3.67. The minimum absolute atomic E-state index is 0.00368. The smallest absolute Gasteiger partial charge is 0.253 e. The summed E-state index contributed by atoms with van der Waals surface area (Å²) in [6.07, 6.45) is 4.28. The molecule has 2 aromatic rings. The van der Waals surface area contributed by atoms with E-state index in [2.05, 4.69) is 95.0 Å². The molecule has 10 heteroatoms. The second kappa shape index (κ2) is 13.5. The molecule has 5 rings (SSSR count). The largest absolute Gasteiger partial charge is 0.358 e. The van der Waals surface area contributed by atoms with Crippen molar-refractivity contribution in [1.29, 1.82) is 5.26 Å². The minimum Gasteiger partial charge on any atom is -0.358 e. The molecule has 2 N–H and O–H groups in total. The van der Waals surface area contributed by atoms with Crippen LogP contribution >= 0.6 is 22.9 Å². The number of halogens is 1. The van der Waals surface area contributed by atoms with E-state index in [1.807, 2.05) is 28.3 Å². The number of amidine groups is 1. The lowest BCUT2D eigenvalue weighted by atomic mass is 9.67. The number of aryl methyl sites for hydroxylation is 2. The summed E-state index contributed by atoms with van der Waals surface area (Å²) in [5.41, 5.74) is 11.5. The number of benzene rings is 2. The van der Waals surface area contributed by atoms with E-state index >= 15 is 0 Å². The topological polar surface area (TPSA) is 90.2 Å². The van der Waals surface area contributed by atoms with Crippen molar-refractivity contribution in [3.8, 4) is 6.07 Å². The van der Waals surface area contributed by atoms with Crippen LogP contribution in [0.4, 0.5) is 0 Å². The van der Waals surface area contributed by atoms with Crippen molar-refractivity contribution in [3.63, 3.8) is 0 Å². The Kier molecular flexibility index (Phi) is 9.91. The Morgan fingerprint density at radius 3 is 2.40 bits per heavy atom. The molecule has 45 heavy (non-hydrogen) atoms. The van der Waals surface area contributed by atoms with Crippen molar-refractivity contribution in [2.45, 2.75) is 56.5 Å². The molecule has 2 heterocycles. The number of rotatable bonds is 10. The van der Waals surface area contributed by atoms with Gasteiger partial charge in [0.2, 0.25) is 0 Å². The Balaban J connectivity index is 1.61. The molecule has 2 aliphatic heterocycles. The summed E-state index contributed by atoms with van der Waals surface area (Å²) in [5.74, 6) is 0.909. The van der Waals surface area contributed by atoms with Crippen molar-refractivity contribution >= 4 is 40.3 Å². The van der Waals surface area contributed by atoms with Crippen molar-refractivity contribution in [1.82, 2.24) is 28.7 Å². The van der Waals surface area contributed by atoms with E-state index in [-0.39, 0.29) is 18.0 Å². The molecule has 0 saturated carbocycles. The summed E-state index contributed by atoms with van der Waals surface area (Å²) < 4.78 is 2.02. The molecule has 9 nitrogen and oxygen atoms in total. The molecule has 1 amide bonds. The van der Waals surface area contributed by atoms with Crippen molar-refractivity contribution in [2.75, 3.05) is 47.9 Å². The Hall–Kier alpha value is -3.40. The number of nitrogens with zero attached hydrogens (tertiary/aromatic N) is 6. The van der Waals surface area contributed by atoms with Gasteiger partial charge in [0.05, 0.1) is 34.3 Å². The molecule has 1 aliphatic carbocycles. The summed E-state index contributed by atoms with van der Waals surface area (Å²) in [5, 5.41) is 15.4. The standard InChI is InChI=1S/C35H45IN8O/c1-23(38-21-24(2)44-16-8-9-30(44)20-37)19-35(34-39-22-42(6)40-34)31-14-12-26(25(3)43(7)36)17-27(31)10-11-28-18-29(13-15-32(28)35)33(45)41(4)5/h12-15,17-18,23,30,38H,2-3,8-11,16,19,21-22H2,1,4-7H3,(H,39,40)/t23-,30?,35?/m1/s1. The zero-order valence-electron chi connectivity index (χ0n) is 27.2. The first-order valence-corrected chi connectivity index (χ1v) is 16.6. The van der Waals surface area contributed by atoms with E-state index < -0.39 is 5.41 Å². The second-order valence-electron chi connectivity index (χ2n) is 12.8. The van der Waals surface area contributed by atoms with Crippen LogP contribution < -0.4 is 10.7 Å². The Morgan fingerprint density at radius 1 is 1.18 bits per heavy atom. The summed E-state index contributed by atoms with van der Waals surface area (Å²) in [6, 6.07) is 15.3. The number of hydrogen-bond acceptors (Lipinski definition) is 8. The highest BCUT2D eigenvalue weighted by Gasteiger charge is 2.46. The van der Waals surface area contributed by atoms with Crippen LogP contribution in [-0.4, -0.2) is 89.7 Å². The number of likely N-dealkylation sites (tertiary alicyclic amines) is 1. The number of amides is 1. The molecule has 0 bridgehead atoms. The first-order chi connectivity index (χ1) is 21.5. The molecule has 0 spiro atoms. The number of hydrogen-bond donors (Lipinski definition) is 2. The van der Waals surface area contributed by atoms with Crippen LogP contribution in [0, 0.1) is 11.3 Å². The zero-order chi connectivity index (χ0) is 32.5. The van der Waals surface area contributed by atoms with Gasteiger partial charge in [0.15, 0.2) is 0 Å². The fourth-order valence-electron chi connectivity index (χ4n) is 7.03. The molecule has 2 aromatic carbocycles. The van der Waals surface area contributed by atoms with Crippen LogP contribution in [0.5, 0.6) is 0 Å². The third-order valence-electron chi connectivity index (χ3n) is 9.37. The van der Waals surface area contributed by atoms with Gasteiger partial charge in [0.25, 0.3) is 5.91 Å². The summed E-state index contributed by atoms with van der Waals surface area (Å²) in [7, 11) is 7.61. The molecule has 1 saturated heterocycles. The molecular formula is C35H45IN8O. The van der Waals surface area contributed by atoms with Crippen LogP contribution in [0.3, 0.4) is 0 Å². The average molecular weight is 721 g/mol. The molecule has 3 atom stereocenters. The molecule has 0 radical (unpaired) electrons. The van der Waals surface area contributed by atoms with Crippen LogP contribution in [0.2, 0.25) is 0 Å². The quantitative estimate of drug-likeness (QED) is 0.272. The maximum Gasteiger partial charge on any atom is 0.253 e. The van der Waals surface area contributed by atoms with Gasteiger partial charge in [-0.05, 0) is 85.0 Å². The highest BCUT2D eigenvalue weighted by molar-refractivity contribution is 14.1. The molecular weight excluding hydrogens is 675 g/mol. The first kappa shape index (κ1) is 33.0. The lowest BCUT2D eigenvalue weighted by molar-refractivity contribution is 0.0827. The summed E-state index contributed by atoms with van der Waals surface area (Å²) in [4.78, 5) is 22.0. The van der Waals surface area contributed by atoms with Gasteiger partial charge in [-0.1, -0.05) is 31.4 Å². The summed E-state index contributed by atoms with van der Waals surface area (Å²) >= 11 is 2.26. The van der Waals surface area contributed by atoms with E-state index in [0.717, 1.165) is 67.0 Å². The number of carbonyl (C=O) groups excluding carboxylic acids is 1. The van der Waals surface area contributed by atoms with Crippen molar-refractivity contribution < 1.29 is 4.79 Å². The molecule has 2 unspecified atom stereocenters. The number of carbonyl (C=O) groups is 1. The highest BCUT2D eigenvalue weighted by atomic mass is 127.